The van der Waals surface area contributed by atoms with Gasteiger partial charge in [0.15, 0.2) is 0 Å². The van der Waals surface area contributed by atoms with E-state index in [-0.39, 0.29) is 5.92 Å². The second kappa shape index (κ2) is 14.9. The van der Waals surface area contributed by atoms with Crippen molar-refractivity contribution in [2.45, 2.75) is 18.4 Å². The van der Waals surface area contributed by atoms with Gasteiger partial charge in [0.2, 0.25) is 5.88 Å². The standard InChI is InChI=1S/C32H32N2O2.C4H4O4/c1-34(2)21-20-26-25-17-9-10-19-28(25)33-32(36-3)30(26)29(23-13-5-4-6-14-23)31(35)27-18-11-15-22-12-7-8-16-24(22)27;5-3(6)1-2-4(7)8/h4-19,29,31,35H,20-21H2,1-3H3;1-2H,(H,5,6)(H,7,8). The number of aliphatic hydroxyl groups excluding tert-OH is 1. The van der Waals surface area contributed by atoms with Crippen molar-refractivity contribution in [3.63, 3.8) is 0 Å². The number of likely N-dealkylation sites (N-methyl/N-ethyl adjacent to an activating group) is 1. The number of pyridine rings is 1. The lowest BCUT2D eigenvalue weighted by Gasteiger charge is -2.29. The van der Waals surface area contributed by atoms with E-state index in [2.05, 4.69) is 61.5 Å². The van der Waals surface area contributed by atoms with E-state index < -0.39 is 18.0 Å². The molecule has 0 radical (unpaired) electrons. The number of aliphatic hydroxyl groups is 1. The Kier molecular flexibility index (Phi) is 10.8. The largest absolute Gasteiger partial charge is 0.481 e. The molecule has 0 saturated heterocycles. The van der Waals surface area contributed by atoms with Crippen LogP contribution < -0.4 is 4.74 Å². The molecule has 4 aromatic carbocycles. The average Bonchev–Trinajstić information content (AvgIpc) is 3.03. The number of carbonyl (C=O) groups is 2. The van der Waals surface area contributed by atoms with Gasteiger partial charge in [0.05, 0.1) is 18.7 Å². The molecule has 44 heavy (non-hydrogen) atoms. The van der Waals surface area contributed by atoms with Crippen LogP contribution >= 0.6 is 0 Å². The van der Waals surface area contributed by atoms with Crippen LogP contribution in [0.1, 0.15) is 34.3 Å². The topological polar surface area (TPSA) is 120 Å². The van der Waals surface area contributed by atoms with Crippen molar-refractivity contribution in [3.05, 3.63) is 131 Å². The Hall–Kier alpha value is -5.05. The predicted molar refractivity (Wildman–Crippen MR) is 172 cm³/mol. The summed E-state index contributed by atoms with van der Waals surface area (Å²) in [4.78, 5) is 26.2. The van der Waals surface area contributed by atoms with Gasteiger partial charge in [-0.25, -0.2) is 14.6 Å². The minimum Gasteiger partial charge on any atom is -0.481 e. The summed E-state index contributed by atoms with van der Waals surface area (Å²) in [5.74, 6) is -2.31. The van der Waals surface area contributed by atoms with Crippen LogP contribution in [0.4, 0.5) is 0 Å². The van der Waals surface area contributed by atoms with E-state index in [0.717, 1.165) is 51.3 Å². The van der Waals surface area contributed by atoms with E-state index >= 15 is 0 Å². The van der Waals surface area contributed by atoms with Gasteiger partial charge in [0.25, 0.3) is 0 Å². The second-order valence-corrected chi connectivity index (χ2v) is 10.5. The molecule has 0 spiro atoms. The summed E-state index contributed by atoms with van der Waals surface area (Å²) in [6.07, 6.45) is 1.13. The minimum absolute atomic E-state index is 0.360. The molecule has 1 heterocycles. The van der Waals surface area contributed by atoms with Crippen molar-refractivity contribution in [1.82, 2.24) is 9.88 Å². The smallest absolute Gasteiger partial charge is 0.328 e. The number of fused-ring (bicyclic) bond motifs is 2. The van der Waals surface area contributed by atoms with Crippen LogP contribution in [0.2, 0.25) is 0 Å². The van der Waals surface area contributed by atoms with E-state index in [1.54, 1.807) is 7.11 Å². The molecular weight excluding hydrogens is 556 g/mol. The first-order valence-corrected chi connectivity index (χ1v) is 14.2. The molecule has 0 fully saturated rings. The first-order valence-electron chi connectivity index (χ1n) is 14.2. The fraction of sp³-hybridized carbons (Fsp3) is 0.194. The lowest BCUT2D eigenvalue weighted by Crippen LogP contribution is -2.20. The van der Waals surface area contributed by atoms with Gasteiger partial charge in [-0.1, -0.05) is 91.0 Å². The molecule has 2 atom stereocenters. The minimum atomic E-state index is -1.26. The first-order chi connectivity index (χ1) is 21.2. The number of hydrogen-bond acceptors (Lipinski definition) is 6. The molecule has 0 amide bonds. The number of carboxylic acids is 2. The van der Waals surface area contributed by atoms with Crippen LogP contribution in [0.5, 0.6) is 5.88 Å². The number of benzene rings is 4. The summed E-state index contributed by atoms with van der Waals surface area (Å²) in [6, 6.07) is 32.8. The Labute approximate surface area is 256 Å². The van der Waals surface area contributed by atoms with Crippen LogP contribution in [-0.2, 0) is 16.0 Å². The summed E-state index contributed by atoms with van der Waals surface area (Å²) >= 11 is 0. The van der Waals surface area contributed by atoms with Crippen LogP contribution in [0.25, 0.3) is 21.7 Å². The predicted octanol–water partition coefficient (Wildman–Crippen LogP) is 6.08. The second-order valence-electron chi connectivity index (χ2n) is 10.5. The fourth-order valence-electron chi connectivity index (χ4n) is 5.35. The zero-order valence-electron chi connectivity index (χ0n) is 24.9. The van der Waals surface area contributed by atoms with Crippen molar-refractivity contribution in [2.75, 3.05) is 27.7 Å². The van der Waals surface area contributed by atoms with Crippen LogP contribution in [-0.4, -0.2) is 64.9 Å². The third kappa shape index (κ3) is 7.66. The molecule has 5 rings (SSSR count). The first kappa shape index (κ1) is 31.9. The summed E-state index contributed by atoms with van der Waals surface area (Å²) in [5, 5.41) is 31.1. The van der Waals surface area contributed by atoms with Crippen LogP contribution in [0, 0.1) is 0 Å². The van der Waals surface area contributed by atoms with Gasteiger partial charge in [-0.2, -0.15) is 0 Å². The van der Waals surface area contributed by atoms with Gasteiger partial charge >= 0.3 is 11.9 Å². The number of ether oxygens (including phenoxy) is 1. The third-order valence-corrected chi connectivity index (χ3v) is 7.30. The number of aliphatic carboxylic acids is 2. The Balaban J connectivity index is 0.000000488. The van der Waals surface area contributed by atoms with Gasteiger partial charge in [-0.15, -0.1) is 0 Å². The van der Waals surface area contributed by atoms with E-state index in [4.69, 9.17) is 19.9 Å². The van der Waals surface area contributed by atoms with Crippen molar-refractivity contribution >= 4 is 33.6 Å². The number of rotatable bonds is 10. The van der Waals surface area contributed by atoms with Crippen LogP contribution in [0.3, 0.4) is 0 Å². The summed E-state index contributed by atoms with van der Waals surface area (Å²) < 4.78 is 5.94. The summed E-state index contributed by atoms with van der Waals surface area (Å²) in [7, 11) is 5.84. The number of carboxylic acid groups (broad SMARTS) is 2. The Morgan fingerprint density at radius 1 is 0.818 bits per heavy atom. The Morgan fingerprint density at radius 2 is 1.41 bits per heavy atom. The molecule has 0 aliphatic carbocycles. The highest BCUT2D eigenvalue weighted by atomic mass is 16.5. The molecule has 5 aromatic rings. The fourth-order valence-corrected chi connectivity index (χ4v) is 5.35. The van der Waals surface area contributed by atoms with Gasteiger partial charge in [-0.3, -0.25) is 0 Å². The summed E-state index contributed by atoms with van der Waals surface area (Å²) in [6.45, 7) is 0.871. The number of methoxy groups -OCH3 is 1. The molecule has 8 heteroatoms. The summed E-state index contributed by atoms with van der Waals surface area (Å²) in [5.41, 5.74) is 4.94. The Morgan fingerprint density at radius 3 is 2.05 bits per heavy atom. The average molecular weight is 593 g/mol. The molecule has 3 N–H and O–H groups in total. The number of hydrogen-bond donors (Lipinski definition) is 3. The van der Waals surface area contributed by atoms with Crippen molar-refractivity contribution < 1.29 is 29.6 Å². The van der Waals surface area contributed by atoms with Gasteiger partial charge < -0.3 is 25.0 Å². The van der Waals surface area contributed by atoms with Gasteiger partial charge in [0.1, 0.15) is 0 Å². The maximum atomic E-state index is 12.2. The monoisotopic (exact) mass is 592 g/mol. The van der Waals surface area contributed by atoms with E-state index in [1.807, 2.05) is 54.6 Å². The van der Waals surface area contributed by atoms with Crippen molar-refractivity contribution in [1.29, 1.82) is 0 Å². The third-order valence-electron chi connectivity index (χ3n) is 7.30. The van der Waals surface area contributed by atoms with Gasteiger partial charge in [0, 0.05) is 35.6 Å². The normalized spacial score (nSPS) is 12.6. The van der Waals surface area contributed by atoms with Gasteiger partial charge in [-0.05, 0) is 54.0 Å². The molecule has 0 aliphatic heterocycles. The van der Waals surface area contributed by atoms with Crippen LogP contribution in [0.15, 0.2) is 109 Å². The van der Waals surface area contributed by atoms with Crippen molar-refractivity contribution in [3.8, 4) is 5.88 Å². The van der Waals surface area contributed by atoms with E-state index in [9.17, 15) is 14.7 Å². The maximum Gasteiger partial charge on any atom is 0.328 e. The van der Waals surface area contributed by atoms with E-state index in [0.29, 0.717) is 18.0 Å². The Bertz CT molecular complexity index is 1750. The van der Waals surface area contributed by atoms with E-state index in [1.165, 1.54) is 5.56 Å². The molecule has 226 valence electrons. The lowest BCUT2D eigenvalue weighted by atomic mass is 9.79. The number of para-hydroxylation sites is 1. The highest BCUT2D eigenvalue weighted by Crippen LogP contribution is 2.45. The molecule has 8 nitrogen and oxygen atoms in total. The SMILES string of the molecule is COc1nc2ccccc2c(CCN(C)C)c1C(c1ccccc1)C(O)c1cccc2ccccc12.O=C(O)C=CC(=O)O. The quantitative estimate of drug-likeness (QED) is 0.167. The number of aromatic nitrogens is 1. The molecule has 0 saturated carbocycles. The molecule has 0 bridgehead atoms. The molecule has 1 aromatic heterocycles. The molecular formula is C36H36N2O6. The zero-order chi connectivity index (χ0) is 31.6. The maximum absolute atomic E-state index is 12.2. The zero-order valence-corrected chi connectivity index (χ0v) is 24.9. The lowest BCUT2D eigenvalue weighted by molar-refractivity contribution is -0.134. The highest BCUT2D eigenvalue weighted by Gasteiger charge is 2.32. The molecule has 2 unspecified atom stereocenters. The molecule has 0 aliphatic rings. The highest BCUT2D eigenvalue weighted by molar-refractivity contribution is 5.90. The van der Waals surface area contributed by atoms with Crippen molar-refractivity contribution in [2.24, 2.45) is 0 Å². The number of nitrogens with zero attached hydrogens (tertiary/aromatic N) is 2.